The first-order valence-corrected chi connectivity index (χ1v) is 12.1. The zero-order valence-electron chi connectivity index (χ0n) is 21.8. The van der Waals surface area contributed by atoms with E-state index in [1.54, 1.807) is 19.1 Å². The monoisotopic (exact) mass is 487 g/mol. The van der Waals surface area contributed by atoms with Gasteiger partial charge in [-0.15, -0.1) is 0 Å². The van der Waals surface area contributed by atoms with E-state index in [0.29, 0.717) is 37.0 Å². The Morgan fingerprint density at radius 3 is 2.64 bits per heavy atom. The van der Waals surface area contributed by atoms with Gasteiger partial charge in [0.1, 0.15) is 11.5 Å². The Labute approximate surface area is 211 Å². The molecule has 3 heterocycles. The molecule has 0 aliphatic heterocycles. The molecule has 0 unspecified atom stereocenters. The molecule has 0 aliphatic rings. The van der Waals surface area contributed by atoms with Crippen LogP contribution >= 0.6 is 0 Å². The number of benzene rings is 1. The summed E-state index contributed by atoms with van der Waals surface area (Å²) in [6.45, 7) is 10.4. The van der Waals surface area contributed by atoms with E-state index in [2.05, 4.69) is 22.3 Å². The number of aromatic nitrogens is 5. The predicted molar refractivity (Wildman–Crippen MR) is 141 cm³/mol. The molecule has 3 aromatic heterocycles. The average Bonchev–Trinajstić information content (AvgIpc) is 3.21. The smallest absolute Gasteiger partial charge is 0.273 e. The van der Waals surface area contributed by atoms with E-state index >= 15 is 0 Å². The maximum absolute atomic E-state index is 13.7. The fourth-order valence-corrected chi connectivity index (χ4v) is 4.17. The van der Waals surface area contributed by atoms with Crippen molar-refractivity contribution >= 4 is 22.6 Å². The minimum atomic E-state index is -0.165. The number of hydrogen-bond acceptors (Lipinski definition) is 7. The van der Waals surface area contributed by atoms with E-state index in [9.17, 15) is 4.79 Å². The Hall–Kier alpha value is -3.85. The third-order valence-corrected chi connectivity index (χ3v) is 6.14. The lowest BCUT2D eigenvalue weighted by atomic mass is 10.1. The molecule has 4 aromatic rings. The summed E-state index contributed by atoms with van der Waals surface area (Å²) in [6.07, 6.45) is 1.83. The van der Waals surface area contributed by atoms with Gasteiger partial charge in [-0.05, 0) is 52.0 Å². The summed E-state index contributed by atoms with van der Waals surface area (Å²) in [5, 5.41) is 8.41. The first kappa shape index (κ1) is 25.2. The topological polar surface area (TPSA) is 98.1 Å². The summed E-state index contributed by atoms with van der Waals surface area (Å²) < 4.78 is 7.06. The number of methoxy groups -OCH3 is 1. The lowest BCUT2D eigenvalue weighted by Crippen LogP contribution is -2.28. The largest absolute Gasteiger partial charge is 0.383 e. The summed E-state index contributed by atoms with van der Waals surface area (Å²) in [6, 6.07) is 9.73. The maximum atomic E-state index is 13.7. The van der Waals surface area contributed by atoms with E-state index in [4.69, 9.17) is 14.7 Å². The fraction of sp³-hybridized carbons (Fsp3) is 0.370. The normalized spacial score (nSPS) is 11.2. The Morgan fingerprint density at radius 2 is 1.92 bits per heavy atom. The molecule has 0 spiro atoms. The number of pyridine rings is 1. The van der Waals surface area contributed by atoms with Crippen molar-refractivity contribution < 1.29 is 9.53 Å². The van der Waals surface area contributed by atoms with Gasteiger partial charge in [-0.1, -0.05) is 11.6 Å². The number of carbonyl (C=O) groups excluding carboxylic acids is 1. The third-order valence-electron chi connectivity index (χ3n) is 6.14. The highest BCUT2D eigenvalue weighted by molar-refractivity contribution is 6.05. The average molecular weight is 488 g/mol. The number of carbonyl (C=O) groups is 1. The summed E-state index contributed by atoms with van der Waals surface area (Å²) >= 11 is 0. The number of anilines is 1. The molecule has 1 aromatic carbocycles. The van der Waals surface area contributed by atoms with Crippen LogP contribution in [0.2, 0.25) is 0 Å². The maximum Gasteiger partial charge on any atom is 0.273 e. The highest BCUT2D eigenvalue weighted by Crippen LogP contribution is 2.26. The molecule has 1 N–H and O–H groups in total. The molecule has 0 aliphatic carbocycles. The molecule has 0 radical (unpaired) electrons. The number of aryl methyl sites for hydroxylation is 3. The first-order valence-electron chi connectivity index (χ1n) is 12.1. The number of fused-ring (bicyclic) bond motifs is 1. The van der Waals surface area contributed by atoms with Crippen molar-refractivity contribution in [3.05, 3.63) is 64.7 Å². The quantitative estimate of drug-likeness (QED) is 0.354. The molecule has 9 nitrogen and oxygen atoms in total. The number of rotatable bonds is 9. The second-order valence-corrected chi connectivity index (χ2v) is 8.95. The lowest BCUT2D eigenvalue weighted by molar-refractivity contribution is 0.0781. The third kappa shape index (κ3) is 5.36. The van der Waals surface area contributed by atoms with E-state index in [1.807, 2.05) is 62.0 Å². The minimum Gasteiger partial charge on any atom is -0.383 e. The number of nitrogens with one attached hydrogen (secondary N) is 1. The van der Waals surface area contributed by atoms with Gasteiger partial charge in [0.2, 0.25) is 0 Å². The standard InChI is InChI=1S/C27H33N7O2/c1-7-34-19(4)21(15-29-34)16-33(5)27(35)25-22-12-17(2)8-9-23(22)31-26(32-25)20-13-18(3)30-24(14-20)28-10-11-36-6/h8-9,12-15H,7,10-11,16H2,1-6H3,(H,28,30). The molecule has 188 valence electrons. The summed E-state index contributed by atoms with van der Waals surface area (Å²) in [4.78, 5) is 29.6. The second-order valence-electron chi connectivity index (χ2n) is 8.95. The molecule has 1 amide bonds. The molecule has 0 saturated heterocycles. The zero-order valence-corrected chi connectivity index (χ0v) is 21.8. The Balaban J connectivity index is 1.74. The van der Waals surface area contributed by atoms with Gasteiger partial charge >= 0.3 is 0 Å². The molecular formula is C27H33N7O2. The van der Waals surface area contributed by atoms with Crippen LogP contribution in [0.15, 0.2) is 36.5 Å². The second kappa shape index (κ2) is 10.8. The Bertz CT molecular complexity index is 1400. The number of nitrogens with zero attached hydrogens (tertiary/aromatic N) is 6. The van der Waals surface area contributed by atoms with Crippen molar-refractivity contribution in [2.24, 2.45) is 0 Å². The van der Waals surface area contributed by atoms with Crippen molar-refractivity contribution in [2.45, 2.75) is 40.8 Å². The highest BCUT2D eigenvalue weighted by Gasteiger charge is 2.21. The molecule has 4 rings (SSSR count). The first-order chi connectivity index (χ1) is 17.3. The van der Waals surface area contributed by atoms with Crippen LogP contribution in [0.25, 0.3) is 22.3 Å². The van der Waals surface area contributed by atoms with Crippen LogP contribution in [0.1, 0.15) is 39.9 Å². The molecular weight excluding hydrogens is 454 g/mol. The fourth-order valence-electron chi connectivity index (χ4n) is 4.17. The van der Waals surface area contributed by atoms with E-state index in [-0.39, 0.29) is 5.91 Å². The van der Waals surface area contributed by atoms with Gasteiger partial charge in [0.25, 0.3) is 5.91 Å². The molecule has 9 heteroatoms. The number of hydrogen-bond donors (Lipinski definition) is 1. The van der Waals surface area contributed by atoms with Gasteiger partial charge in [0.15, 0.2) is 5.82 Å². The van der Waals surface area contributed by atoms with Crippen molar-refractivity contribution in [2.75, 3.05) is 32.6 Å². The van der Waals surface area contributed by atoms with Gasteiger partial charge in [-0.3, -0.25) is 9.48 Å². The molecule has 0 bridgehead atoms. The lowest BCUT2D eigenvalue weighted by Gasteiger charge is -2.18. The number of amides is 1. The van der Waals surface area contributed by atoms with Crippen molar-refractivity contribution in [1.29, 1.82) is 0 Å². The summed E-state index contributed by atoms with van der Waals surface area (Å²) in [5.74, 6) is 1.03. The molecule has 0 atom stereocenters. The zero-order chi connectivity index (χ0) is 25.8. The number of ether oxygens (including phenoxy) is 1. The van der Waals surface area contributed by atoms with Crippen LogP contribution in [0.3, 0.4) is 0 Å². The van der Waals surface area contributed by atoms with Crippen molar-refractivity contribution in [3.8, 4) is 11.4 Å². The summed E-state index contributed by atoms with van der Waals surface area (Å²) in [5.41, 5.74) is 5.84. The summed E-state index contributed by atoms with van der Waals surface area (Å²) in [7, 11) is 3.46. The molecule has 0 saturated carbocycles. The van der Waals surface area contributed by atoms with Gasteiger partial charge in [0.05, 0.1) is 18.3 Å². The van der Waals surface area contributed by atoms with Crippen molar-refractivity contribution in [1.82, 2.24) is 29.6 Å². The van der Waals surface area contributed by atoms with Crippen LogP contribution in [0.5, 0.6) is 0 Å². The minimum absolute atomic E-state index is 0.165. The van der Waals surface area contributed by atoms with Gasteiger partial charge in [0, 0.05) is 61.7 Å². The molecule has 36 heavy (non-hydrogen) atoms. The van der Waals surface area contributed by atoms with Crippen LogP contribution in [-0.4, -0.2) is 62.8 Å². The Kier molecular flexibility index (Phi) is 7.59. The van der Waals surface area contributed by atoms with Crippen LogP contribution in [0.4, 0.5) is 5.82 Å². The van der Waals surface area contributed by atoms with Gasteiger partial charge < -0.3 is 15.0 Å². The van der Waals surface area contributed by atoms with Gasteiger partial charge in [-0.25, -0.2) is 15.0 Å². The highest BCUT2D eigenvalue weighted by atomic mass is 16.5. The van der Waals surface area contributed by atoms with Crippen molar-refractivity contribution in [3.63, 3.8) is 0 Å². The Morgan fingerprint density at radius 1 is 1.11 bits per heavy atom. The van der Waals surface area contributed by atoms with E-state index in [1.165, 1.54) is 0 Å². The van der Waals surface area contributed by atoms with Crippen LogP contribution in [-0.2, 0) is 17.8 Å². The SMILES string of the molecule is CCn1ncc(CN(C)C(=O)c2nc(-c3cc(C)nc(NCCOC)c3)nc3ccc(C)cc23)c1C. The predicted octanol–water partition coefficient (Wildman–Crippen LogP) is 4.16. The molecule has 0 fully saturated rings. The van der Waals surface area contributed by atoms with Gasteiger partial charge in [-0.2, -0.15) is 5.10 Å². The van der Waals surface area contributed by atoms with E-state index < -0.39 is 0 Å². The van der Waals surface area contributed by atoms with Crippen LogP contribution < -0.4 is 5.32 Å². The van der Waals surface area contributed by atoms with E-state index in [0.717, 1.165) is 45.5 Å². The van der Waals surface area contributed by atoms with Crippen LogP contribution in [0, 0.1) is 20.8 Å².